The van der Waals surface area contributed by atoms with E-state index in [2.05, 4.69) is 21.2 Å². The minimum atomic E-state index is -0.188. The fraction of sp³-hybridized carbons (Fsp3) is 0.200. The van der Waals surface area contributed by atoms with Gasteiger partial charge in [-0.25, -0.2) is 0 Å². The van der Waals surface area contributed by atoms with Crippen molar-refractivity contribution in [2.24, 2.45) is 0 Å². The Morgan fingerprint density at radius 3 is 2.60 bits per heavy atom. The van der Waals surface area contributed by atoms with Gasteiger partial charge in [-0.3, -0.25) is 9.59 Å². The van der Waals surface area contributed by atoms with Crippen molar-refractivity contribution in [3.8, 4) is 0 Å². The third-order valence-corrected chi connectivity index (χ3v) is 4.65. The summed E-state index contributed by atoms with van der Waals surface area (Å²) in [5.41, 5.74) is 3.58. The van der Waals surface area contributed by atoms with Gasteiger partial charge in [0, 0.05) is 34.9 Å². The van der Waals surface area contributed by atoms with E-state index >= 15 is 0 Å². The molecule has 2 amide bonds. The van der Waals surface area contributed by atoms with Crippen LogP contribution in [0.15, 0.2) is 53.0 Å². The molecule has 4 nitrogen and oxygen atoms in total. The second-order valence-corrected chi connectivity index (χ2v) is 6.94. The lowest BCUT2D eigenvalue weighted by Gasteiger charge is -2.19. The van der Waals surface area contributed by atoms with Gasteiger partial charge in [-0.15, -0.1) is 0 Å². The summed E-state index contributed by atoms with van der Waals surface area (Å²) in [4.78, 5) is 25.8. The topological polar surface area (TPSA) is 49.4 Å². The molecule has 128 valence electrons. The van der Waals surface area contributed by atoms with Crippen molar-refractivity contribution in [2.45, 2.75) is 19.8 Å². The zero-order chi connectivity index (χ0) is 17.8. The summed E-state index contributed by atoms with van der Waals surface area (Å²) in [5.74, 6) is -0.0235. The molecule has 2 aromatic carbocycles. The van der Waals surface area contributed by atoms with Crippen molar-refractivity contribution in [3.05, 3.63) is 64.1 Å². The Bertz CT molecular complexity index is 828. The second-order valence-electron chi connectivity index (χ2n) is 6.02. The highest BCUT2D eigenvalue weighted by Crippen LogP contribution is 2.27. The van der Waals surface area contributed by atoms with Gasteiger partial charge in [0.2, 0.25) is 11.8 Å². The lowest BCUT2D eigenvalue weighted by atomic mass is 10.1. The molecule has 2 aromatic rings. The Hall–Kier alpha value is -2.40. The molecule has 5 heteroatoms. The smallest absolute Gasteiger partial charge is 0.248 e. The Morgan fingerprint density at radius 2 is 1.96 bits per heavy atom. The van der Waals surface area contributed by atoms with Crippen LogP contribution in [0.5, 0.6) is 0 Å². The minimum absolute atomic E-state index is 0.164. The van der Waals surface area contributed by atoms with Gasteiger partial charge in [0.05, 0.1) is 0 Å². The molecule has 0 unspecified atom stereocenters. The number of amides is 2. The predicted molar refractivity (Wildman–Crippen MR) is 105 cm³/mol. The van der Waals surface area contributed by atoms with Crippen LogP contribution < -0.4 is 10.2 Å². The quantitative estimate of drug-likeness (QED) is 0.768. The predicted octanol–water partition coefficient (Wildman–Crippen LogP) is 4.54. The molecule has 0 bridgehead atoms. The molecule has 1 fully saturated rings. The molecule has 0 aliphatic carbocycles. The Labute approximate surface area is 155 Å². The van der Waals surface area contributed by atoms with Crippen LogP contribution in [0.4, 0.5) is 11.4 Å². The van der Waals surface area contributed by atoms with Gasteiger partial charge in [0.25, 0.3) is 0 Å². The summed E-state index contributed by atoms with van der Waals surface area (Å²) in [6.07, 6.45) is 4.79. The molecule has 0 radical (unpaired) electrons. The number of carbonyl (C=O) groups is 2. The van der Waals surface area contributed by atoms with Crippen LogP contribution in [0.3, 0.4) is 0 Å². The van der Waals surface area contributed by atoms with Gasteiger partial charge in [-0.05, 0) is 60.9 Å². The van der Waals surface area contributed by atoms with Crippen LogP contribution in [0.25, 0.3) is 6.08 Å². The minimum Gasteiger partial charge on any atom is -0.323 e. The number of aryl methyl sites for hydroxylation is 1. The molecule has 0 spiro atoms. The van der Waals surface area contributed by atoms with Gasteiger partial charge in [0.1, 0.15) is 0 Å². The van der Waals surface area contributed by atoms with Crippen molar-refractivity contribution in [1.29, 1.82) is 0 Å². The van der Waals surface area contributed by atoms with Crippen LogP contribution in [0, 0.1) is 6.92 Å². The maximum atomic E-state index is 12.1. The van der Waals surface area contributed by atoms with Crippen LogP contribution in [0.2, 0.25) is 0 Å². The van der Waals surface area contributed by atoms with Crippen LogP contribution in [-0.2, 0) is 9.59 Å². The SMILES string of the molecule is Cc1cc(NC(=O)/C=C/c2ccc(Br)cc2)ccc1N1CCCC1=O. The highest BCUT2D eigenvalue weighted by Gasteiger charge is 2.22. The fourth-order valence-electron chi connectivity index (χ4n) is 2.87. The number of nitrogens with zero attached hydrogens (tertiary/aromatic N) is 1. The monoisotopic (exact) mass is 398 g/mol. The molecule has 3 rings (SSSR count). The highest BCUT2D eigenvalue weighted by molar-refractivity contribution is 9.10. The summed E-state index contributed by atoms with van der Waals surface area (Å²) in [5, 5.41) is 2.85. The van der Waals surface area contributed by atoms with Crippen molar-refractivity contribution >= 4 is 45.2 Å². The van der Waals surface area contributed by atoms with Crippen molar-refractivity contribution in [3.63, 3.8) is 0 Å². The van der Waals surface area contributed by atoms with Gasteiger partial charge in [-0.2, -0.15) is 0 Å². The first-order valence-corrected chi connectivity index (χ1v) is 8.98. The summed E-state index contributed by atoms with van der Waals surface area (Å²) >= 11 is 3.38. The number of hydrogen-bond donors (Lipinski definition) is 1. The van der Waals surface area contributed by atoms with E-state index in [1.165, 1.54) is 6.08 Å². The van der Waals surface area contributed by atoms with Gasteiger partial charge >= 0.3 is 0 Å². The third-order valence-electron chi connectivity index (χ3n) is 4.13. The van der Waals surface area contributed by atoms with Crippen LogP contribution >= 0.6 is 15.9 Å². The van der Waals surface area contributed by atoms with Crippen molar-refractivity contribution < 1.29 is 9.59 Å². The standard InChI is InChI=1S/C20H19BrN2O2/c1-14-13-17(9-10-18(14)23-12-2-3-20(23)25)22-19(24)11-6-15-4-7-16(21)8-5-15/h4-11,13H,2-3,12H2,1H3,(H,22,24)/b11-6+. The number of anilines is 2. The van der Waals surface area contributed by atoms with E-state index in [1.54, 1.807) is 6.08 Å². The molecule has 1 saturated heterocycles. The summed E-state index contributed by atoms with van der Waals surface area (Å²) < 4.78 is 1.00. The molecule has 25 heavy (non-hydrogen) atoms. The van der Waals surface area contributed by atoms with E-state index in [1.807, 2.05) is 54.3 Å². The first kappa shape index (κ1) is 17.4. The maximum Gasteiger partial charge on any atom is 0.248 e. The summed E-state index contributed by atoms with van der Waals surface area (Å²) in [6, 6.07) is 13.3. The fourth-order valence-corrected chi connectivity index (χ4v) is 3.13. The summed E-state index contributed by atoms with van der Waals surface area (Å²) in [7, 11) is 0. The van der Waals surface area contributed by atoms with Gasteiger partial charge in [0.15, 0.2) is 0 Å². The first-order valence-electron chi connectivity index (χ1n) is 8.18. The number of halogens is 1. The van der Waals surface area contributed by atoms with Gasteiger partial charge in [-0.1, -0.05) is 28.1 Å². The zero-order valence-electron chi connectivity index (χ0n) is 14.0. The third kappa shape index (κ3) is 4.37. The highest BCUT2D eigenvalue weighted by atomic mass is 79.9. The van der Waals surface area contributed by atoms with Gasteiger partial charge < -0.3 is 10.2 Å². The Balaban J connectivity index is 1.66. The molecule has 0 atom stereocenters. The maximum absolute atomic E-state index is 12.1. The normalized spacial score (nSPS) is 14.3. The molecular weight excluding hydrogens is 380 g/mol. The van der Waals surface area contributed by atoms with E-state index < -0.39 is 0 Å². The van der Waals surface area contributed by atoms with E-state index in [-0.39, 0.29) is 11.8 Å². The van der Waals surface area contributed by atoms with E-state index in [0.29, 0.717) is 6.42 Å². The average Bonchev–Trinajstić information content (AvgIpc) is 3.00. The molecule has 0 aromatic heterocycles. The Morgan fingerprint density at radius 1 is 1.20 bits per heavy atom. The van der Waals surface area contributed by atoms with Crippen molar-refractivity contribution in [2.75, 3.05) is 16.8 Å². The van der Waals surface area contributed by atoms with Crippen LogP contribution in [-0.4, -0.2) is 18.4 Å². The number of carbonyl (C=O) groups excluding carboxylic acids is 2. The number of nitrogens with one attached hydrogen (secondary N) is 1. The lowest BCUT2D eigenvalue weighted by molar-refractivity contribution is -0.117. The molecule has 1 aliphatic heterocycles. The Kier molecular flexibility index (Phi) is 5.34. The van der Waals surface area contributed by atoms with Crippen molar-refractivity contribution in [1.82, 2.24) is 0 Å². The summed E-state index contributed by atoms with van der Waals surface area (Å²) in [6.45, 7) is 2.72. The zero-order valence-corrected chi connectivity index (χ0v) is 15.5. The van der Waals surface area contributed by atoms with E-state index in [0.717, 1.165) is 39.9 Å². The first-order chi connectivity index (χ1) is 12.0. The molecule has 1 heterocycles. The van der Waals surface area contributed by atoms with E-state index in [9.17, 15) is 9.59 Å². The molecule has 0 saturated carbocycles. The second kappa shape index (κ2) is 7.66. The number of benzene rings is 2. The lowest BCUT2D eigenvalue weighted by Crippen LogP contribution is -2.24. The number of hydrogen-bond acceptors (Lipinski definition) is 2. The average molecular weight is 399 g/mol. The van der Waals surface area contributed by atoms with Crippen LogP contribution in [0.1, 0.15) is 24.0 Å². The van der Waals surface area contributed by atoms with E-state index in [4.69, 9.17) is 0 Å². The molecule has 1 aliphatic rings. The number of rotatable bonds is 4. The molecule has 1 N–H and O–H groups in total. The largest absolute Gasteiger partial charge is 0.323 e. The molecular formula is C20H19BrN2O2.